The first-order valence-corrected chi connectivity index (χ1v) is 10.7. The van der Waals surface area contributed by atoms with Crippen molar-refractivity contribution in [1.82, 2.24) is 20.0 Å². The van der Waals surface area contributed by atoms with Crippen molar-refractivity contribution < 1.29 is 4.79 Å². The number of rotatable bonds is 4. The smallest absolute Gasteiger partial charge is 0.234 e. The van der Waals surface area contributed by atoms with Gasteiger partial charge in [0.1, 0.15) is 0 Å². The molecule has 2 heterocycles. The Labute approximate surface area is 156 Å². The van der Waals surface area contributed by atoms with Crippen molar-refractivity contribution in [2.75, 3.05) is 13.1 Å². The zero-order valence-corrected chi connectivity index (χ0v) is 15.9. The lowest BCUT2D eigenvalue weighted by molar-refractivity contribution is -0.127. The highest BCUT2D eigenvalue weighted by Gasteiger charge is 2.48. The van der Waals surface area contributed by atoms with Crippen molar-refractivity contribution in [1.29, 1.82) is 0 Å². The summed E-state index contributed by atoms with van der Waals surface area (Å²) in [6.07, 6.45) is 12.3. The summed E-state index contributed by atoms with van der Waals surface area (Å²) in [5, 5.41) is 7.82. The highest BCUT2D eigenvalue weighted by molar-refractivity contribution is 5.78. The molecule has 1 aliphatic heterocycles. The molecular formula is C21H32N4O. The van der Waals surface area contributed by atoms with E-state index in [4.69, 9.17) is 0 Å². The molecule has 5 heteroatoms. The van der Waals surface area contributed by atoms with Crippen LogP contribution in [-0.4, -0.2) is 39.7 Å². The van der Waals surface area contributed by atoms with Crippen LogP contribution in [0.4, 0.5) is 0 Å². The van der Waals surface area contributed by atoms with Gasteiger partial charge in [-0.2, -0.15) is 5.10 Å². The van der Waals surface area contributed by atoms with Crippen LogP contribution in [0.3, 0.4) is 0 Å². The fourth-order valence-electron chi connectivity index (χ4n) is 6.80. The minimum atomic E-state index is 0.247. The number of hydrogen-bond acceptors (Lipinski definition) is 3. The van der Waals surface area contributed by atoms with Gasteiger partial charge in [-0.3, -0.25) is 14.4 Å². The first-order chi connectivity index (χ1) is 12.7. The molecule has 6 rings (SSSR count). The molecule has 4 bridgehead atoms. The molecule has 4 saturated carbocycles. The standard InChI is InChI=1S/C21H32N4O/c1-24-18(5-6-22-24)19-4-2-3-7-25(19)13-20(26)23-21-16-9-14-8-15(11-16)12-17(21)10-14/h5-6,14-17,19,21H,2-4,7-13H2,1H3,(H,23,26). The molecular weight excluding hydrogens is 324 g/mol. The summed E-state index contributed by atoms with van der Waals surface area (Å²) < 4.78 is 1.97. The predicted octanol–water partition coefficient (Wildman–Crippen LogP) is 2.89. The van der Waals surface area contributed by atoms with Crippen molar-refractivity contribution in [3.05, 3.63) is 18.0 Å². The molecule has 1 unspecified atom stereocenters. The van der Waals surface area contributed by atoms with Gasteiger partial charge in [0.05, 0.1) is 18.3 Å². The van der Waals surface area contributed by atoms with Gasteiger partial charge in [-0.05, 0) is 81.2 Å². The summed E-state index contributed by atoms with van der Waals surface area (Å²) in [6.45, 7) is 1.56. The van der Waals surface area contributed by atoms with Gasteiger partial charge >= 0.3 is 0 Å². The largest absolute Gasteiger partial charge is 0.352 e. The topological polar surface area (TPSA) is 50.2 Å². The Morgan fingerprint density at radius 3 is 2.54 bits per heavy atom. The highest BCUT2D eigenvalue weighted by atomic mass is 16.2. The third kappa shape index (κ3) is 2.98. The Morgan fingerprint density at radius 2 is 1.88 bits per heavy atom. The van der Waals surface area contributed by atoms with Crippen LogP contribution < -0.4 is 5.32 Å². The molecule has 1 amide bonds. The molecule has 5 nitrogen and oxygen atoms in total. The second-order valence-electron chi connectivity index (χ2n) is 9.39. The summed E-state index contributed by atoms with van der Waals surface area (Å²) in [6, 6.07) is 2.90. The van der Waals surface area contributed by atoms with Gasteiger partial charge in [0.2, 0.25) is 5.91 Å². The fraction of sp³-hybridized carbons (Fsp3) is 0.810. The Hall–Kier alpha value is -1.36. The molecule has 1 atom stereocenters. The monoisotopic (exact) mass is 356 g/mol. The van der Waals surface area contributed by atoms with Crippen molar-refractivity contribution >= 4 is 5.91 Å². The van der Waals surface area contributed by atoms with E-state index < -0.39 is 0 Å². The molecule has 0 radical (unpaired) electrons. The lowest BCUT2D eigenvalue weighted by Gasteiger charge is -2.54. The lowest BCUT2D eigenvalue weighted by Crippen LogP contribution is -2.57. The quantitative estimate of drug-likeness (QED) is 0.902. The summed E-state index contributed by atoms with van der Waals surface area (Å²) in [4.78, 5) is 15.3. The molecule has 1 N–H and O–H groups in total. The van der Waals surface area contributed by atoms with Crippen molar-refractivity contribution in [2.45, 2.75) is 63.5 Å². The molecule has 5 fully saturated rings. The molecule has 5 aliphatic rings. The van der Waals surface area contributed by atoms with E-state index in [0.29, 0.717) is 18.6 Å². The normalized spacial score (nSPS) is 39.3. The number of aromatic nitrogens is 2. The van der Waals surface area contributed by atoms with Crippen molar-refractivity contribution in [3.8, 4) is 0 Å². The number of piperidine rings is 1. The highest BCUT2D eigenvalue weighted by Crippen LogP contribution is 2.53. The summed E-state index contributed by atoms with van der Waals surface area (Å²) >= 11 is 0. The average molecular weight is 357 g/mol. The first kappa shape index (κ1) is 16.8. The van der Waals surface area contributed by atoms with E-state index >= 15 is 0 Å². The second-order valence-corrected chi connectivity index (χ2v) is 9.39. The molecule has 1 saturated heterocycles. The van der Waals surface area contributed by atoms with Crippen LogP contribution >= 0.6 is 0 Å². The van der Waals surface area contributed by atoms with Crippen LogP contribution in [0.5, 0.6) is 0 Å². The summed E-state index contributed by atoms with van der Waals surface area (Å²) in [5.41, 5.74) is 1.24. The minimum absolute atomic E-state index is 0.247. The number of carbonyl (C=O) groups excluding carboxylic acids is 1. The van der Waals surface area contributed by atoms with Gasteiger partial charge in [-0.1, -0.05) is 6.42 Å². The van der Waals surface area contributed by atoms with Crippen LogP contribution in [0.1, 0.15) is 63.1 Å². The van der Waals surface area contributed by atoms with Crippen molar-refractivity contribution in [2.24, 2.45) is 30.7 Å². The molecule has 1 aromatic rings. The first-order valence-electron chi connectivity index (χ1n) is 10.7. The number of hydrogen-bond donors (Lipinski definition) is 1. The molecule has 0 aromatic carbocycles. The lowest BCUT2D eigenvalue weighted by atomic mass is 9.54. The summed E-state index contributed by atoms with van der Waals surface area (Å²) in [7, 11) is 2.01. The summed E-state index contributed by atoms with van der Waals surface area (Å²) in [5.74, 6) is 3.68. The number of amides is 1. The van der Waals surface area contributed by atoms with Gasteiger partial charge in [-0.15, -0.1) is 0 Å². The number of carbonyl (C=O) groups is 1. The third-order valence-corrected chi connectivity index (χ3v) is 7.71. The van der Waals surface area contributed by atoms with E-state index in [1.54, 1.807) is 0 Å². The number of nitrogens with one attached hydrogen (secondary N) is 1. The fourth-order valence-corrected chi connectivity index (χ4v) is 6.80. The third-order valence-electron chi connectivity index (χ3n) is 7.71. The van der Waals surface area contributed by atoms with Crippen molar-refractivity contribution in [3.63, 3.8) is 0 Å². The van der Waals surface area contributed by atoms with E-state index in [9.17, 15) is 4.79 Å². The van der Waals surface area contributed by atoms with E-state index in [1.807, 2.05) is 17.9 Å². The maximum Gasteiger partial charge on any atom is 0.234 e. The predicted molar refractivity (Wildman–Crippen MR) is 100 cm³/mol. The number of likely N-dealkylation sites (tertiary alicyclic amines) is 1. The van der Waals surface area contributed by atoms with E-state index in [-0.39, 0.29) is 5.91 Å². The Kier molecular flexibility index (Phi) is 4.30. The van der Waals surface area contributed by atoms with Gasteiger partial charge in [0.25, 0.3) is 0 Å². The average Bonchev–Trinajstić information content (AvgIpc) is 3.04. The van der Waals surface area contributed by atoms with Gasteiger partial charge < -0.3 is 5.32 Å². The number of aryl methyl sites for hydroxylation is 1. The van der Waals surface area contributed by atoms with Gasteiger partial charge in [-0.25, -0.2) is 0 Å². The Balaban J connectivity index is 1.24. The van der Waals surface area contributed by atoms with Gasteiger partial charge in [0, 0.05) is 19.3 Å². The van der Waals surface area contributed by atoms with E-state index in [1.165, 1.54) is 50.6 Å². The minimum Gasteiger partial charge on any atom is -0.352 e. The van der Waals surface area contributed by atoms with Crippen LogP contribution in [0, 0.1) is 23.7 Å². The van der Waals surface area contributed by atoms with Crippen LogP contribution in [0.15, 0.2) is 12.3 Å². The number of nitrogens with zero attached hydrogens (tertiary/aromatic N) is 3. The second kappa shape index (κ2) is 6.66. The van der Waals surface area contributed by atoms with Crippen LogP contribution in [0.25, 0.3) is 0 Å². The van der Waals surface area contributed by atoms with E-state index in [0.717, 1.165) is 36.6 Å². The molecule has 4 aliphatic carbocycles. The molecule has 1 aromatic heterocycles. The SMILES string of the molecule is Cn1nccc1C1CCCCN1CC(=O)NC1C2CC3CC(C2)CC1C3. The molecule has 142 valence electrons. The van der Waals surface area contributed by atoms with Gasteiger partial charge in [0.15, 0.2) is 0 Å². The maximum atomic E-state index is 12.9. The molecule has 26 heavy (non-hydrogen) atoms. The zero-order chi connectivity index (χ0) is 17.7. The Morgan fingerprint density at radius 1 is 1.15 bits per heavy atom. The zero-order valence-electron chi connectivity index (χ0n) is 15.9. The molecule has 0 spiro atoms. The van der Waals surface area contributed by atoms with Crippen LogP contribution in [0.2, 0.25) is 0 Å². The van der Waals surface area contributed by atoms with Crippen LogP contribution in [-0.2, 0) is 11.8 Å². The maximum absolute atomic E-state index is 12.9. The van der Waals surface area contributed by atoms with E-state index in [2.05, 4.69) is 21.4 Å². The Bertz CT molecular complexity index is 641.